The molecule has 0 aliphatic carbocycles. The number of nitro benzene ring substituents is 2. The van der Waals surface area contributed by atoms with Gasteiger partial charge in [0.25, 0.3) is 11.6 Å². The highest BCUT2D eigenvalue weighted by atomic mass is 35.5. The van der Waals surface area contributed by atoms with Gasteiger partial charge in [-0.3, -0.25) is 25.0 Å². The van der Waals surface area contributed by atoms with Gasteiger partial charge in [0.05, 0.1) is 21.5 Å². The zero-order valence-electron chi connectivity index (χ0n) is 16.1. The molecule has 11 heteroatoms. The fourth-order valence-corrected chi connectivity index (χ4v) is 3.64. The van der Waals surface area contributed by atoms with E-state index in [1.54, 1.807) is 22.8 Å². The van der Waals surface area contributed by atoms with Crippen LogP contribution >= 0.6 is 11.6 Å². The summed E-state index contributed by atoms with van der Waals surface area (Å²) >= 11 is 6.19. The molecule has 1 saturated heterocycles. The topological polar surface area (TPSA) is 119 Å². The van der Waals surface area contributed by atoms with Gasteiger partial charge in [0, 0.05) is 43.9 Å². The van der Waals surface area contributed by atoms with Crippen LogP contribution in [0.4, 0.5) is 17.1 Å². The van der Waals surface area contributed by atoms with Crippen molar-refractivity contribution in [2.75, 3.05) is 37.7 Å². The van der Waals surface area contributed by atoms with Crippen LogP contribution in [0.1, 0.15) is 17.3 Å². The van der Waals surface area contributed by atoms with Crippen molar-refractivity contribution in [2.24, 2.45) is 0 Å². The van der Waals surface area contributed by atoms with Crippen molar-refractivity contribution >= 4 is 34.6 Å². The molecule has 1 heterocycles. The molecule has 158 valence electrons. The lowest BCUT2D eigenvalue weighted by Crippen LogP contribution is -2.49. The number of hydrogen-bond acceptors (Lipinski definition) is 7. The Morgan fingerprint density at radius 2 is 1.73 bits per heavy atom. The van der Waals surface area contributed by atoms with Crippen LogP contribution in [0.5, 0.6) is 5.75 Å². The largest absolute Gasteiger partial charge is 0.487 e. The smallest absolute Gasteiger partial charge is 0.311 e. The minimum atomic E-state index is -0.587. The SMILES string of the molecule is CCOc1ccc(C(=O)N2CCN(c3c(Cl)cccc3[N+](=O)[O-])CC2)cc1[N+](=O)[O-]. The van der Waals surface area contributed by atoms with E-state index in [1.807, 2.05) is 0 Å². The van der Waals surface area contributed by atoms with Gasteiger partial charge in [-0.15, -0.1) is 0 Å². The number of anilines is 1. The van der Waals surface area contributed by atoms with Gasteiger partial charge in [-0.05, 0) is 25.1 Å². The van der Waals surface area contributed by atoms with Crippen LogP contribution in [0.15, 0.2) is 36.4 Å². The van der Waals surface area contributed by atoms with E-state index in [9.17, 15) is 25.0 Å². The molecular formula is C19H19ClN4O6. The van der Waals surface area contributed by atoms with Gasteiger partial charge in [0.2, 0.25) is 0 Å². The molecule has 3 rings (SSSR count). The summed E-state index contributed by atoms with van der Waals surface area (Å²) in [5.41, 5.74) is 0.146. The number of carbonyl (C=O) groups excluding carboxylic acids is 1. The van der Waals surface area contributed by atoms with Gasteiger partial charge >= 0.3 is 5.69 Å². The fraction of sp³-hybridized carbons (Fsp3) is 0.316. The summed E-state index contributed by atoms with van der Waals surface area (Å²) in [6.45, 7) is 3.26. The first-order valence-electron chi connectivity index (χ1n) is 9.21. The number of piperazine rings is 1. The Labute approximate surface area is 176 Å². The minimum Gasteiger partial charge on any atom is -0.487 e. The lowest BCUT2D eigenvalue weighted by molar-refractivity contribution is -0.385. The summed E-state index contributed by atoms with van der Waals surface area (Å²) in [6, 6.07) is 8.60. The Morgan fingerprint density at radius 3 is 2.33 bits per heavy atom. The van der Waals surface area contributed by atoms with Gasteiger partial charge in [-0.1, -0.05) is 17.7 Å². The molecule has 2 aromatic rings. The van der Waals surface area contributed by atoms with E-state index in [-0.39, 0.29) is 40.2 Å². The average molecular weight is 435 g/mol. The molecule has 1 aliphatic rings. The molecule has 30 heavy (non-hydrogen) atoms. The molecule has 0 atom stereocenters. The predicted octanol–water partition coefficient (Wildman–Crippen LogP) is 3.52. The summed E-state index contributed by atoms with van der Waals surface area (Å²) < 4.78 is 5.24. The maximum Gasteiger partial charge on any atom is 0.311 e. The number of para-hydroxylation sites is 1. The van der Waals surface area contributed by atoms with Gasteiger partial charge in [0.1, 0.15) is 5.69 Å². The Morgan fingerprint density at radius 1 is 1.07 bits per heavy atom. The Bertz CT molecular complexity index is 991. The maximum absolute atomic E-state index is 12.8. The van der Waals surface area contributed by atoms with Crippen molar-refractivity contribution in [3.05, 3.63) is 67.2 Å². The van der Waals surface area contributed by atoms with Crippen LogP contribution < -0.4 is 9.64 Å². The molecule has 0 unspecified atom stereocenters. The second kappa shape index (κ2) is 8.95. The third-order valence-corrected chi connectivity index (χ3v) is 5.05. The lowest BCUT2D eigenvalue weighted by atomic mass is 10.1. The standard InChI is InChI=1S/C19H19ClN4O6/c1-2-30-17-7-6-13(12-16(17)24(28)29)19(25)22-10-8-21(9-11-22)18-14(20)4-3-5-15(18)23(26)27/h3-7,12H,2,8-11H2,1H3. The predicted molar refractivity (Wildman–Crippen MR) is 110 cm³/mol. The molecule has 1 amide bonds. The first-order valence-corrected chi connectivity index (χ1v) is 9.59. The van der Waals surface area contributed by atoms with Crippen molar-refractivity contribution in [2.45, 2.75) is 6.92 Å². The highest BCUT2D eigenvalue weighted by Crippen LogP contribution is 2.36. The molecule has 0 bridgehead atoms. The van der Waals surface area contributed by atoms with Crippen LogP contribution in [0.2, 0.25) is 5.02 Å². The van der Waals surface area contributed by atoms with E-state index in [0.717, 1.165) is 0 Å². The van der Waals surface area contributed by atoms with Crippen molar-refractivity contribution in [1.29, 1.82) is 0 Å². The van der Waals surface area contributed by atoms with E-state index in [0.29, 0.717) is 31.9 Å². The number of ether oxygens (including phenoxy) is 1. The van der Waals surface area contributed by atoms with Crippen LogP contribution in [-0.2, 0) is 0 Å². The molecule has 2 aromatic carbocycles. The highest BCUT2D eigenvalue weighted by molar-refractivity contribution is 6.33. The maximum atomic E-state index is 12.8. The quantitative estimate of drug-likeness (QED) is 0.504. The van der Waals surface area contributed by atoms with Crippen LogP contribution in [-0.4, -0.2) is 53.4 Å². The highest BCUT2D eigenvalue weighted by Gasteiger charge is 2.29. The van der Waals surface area contributed by atoms with Crippen LogP contribution in [0, 0.1) is 20.2 Å². The number of amides is 1. The molecule has 1 aliphatic heterocycles. The van der Waals surface area contributed by atoms with E-state index in [4.69, 9.17) is 16.3 Å². The Hall–Kier alpha value is -3.40. The van der Waals surface area contributed by atoms with E-state index in [1.165, 1.54) is 30.3 Å². The minimum absolute atomic E-state index is 0.0931. The summed E-state index contributed by atoms with van der Waals surface area (Å²) in [5, 5.41) is 22.9. The number of nitro groups is 2. The Balaban J connectivity index is 1.76. The zero-order chi connectivity index (χ0) is 21.8. The number of nitrogens with zero attached hydrogens (tertiary/aromatic N) is 4. The summed E-state index contributed by atoms with van der Waals surface area (Å²) in [6.07, 6.45) is 0. The molecular weight excluding hydrogens is 416 g/mol. The molecule has 0 spiro atoms. The number of rotatable bonds is 6. The number of halogens is 1. The third-order valence-electron chi connectivity index (χ3n) is 4.75. The van der Waals surface area contributed by atoms with Gasteiger partial charge < -0.3 is 14.5 Å². The summed E-state index contributed by atoms with van der Waals surface area (Å²) in [7, 11) is 0. The third kappa shape index (κ3) is 4.28. The zero-order valence-corrected chi connectivity index (χ0v) is 16.9. The van der Waals surface area contributed by atoms with E-state index in [2.05, 4.69) is 0 Å². The van der Waals surface area contributed by atoms with Gasteiger partial charge in [-0.25, -0.2) is 0 Å². The molecule has 0 aromatic heterocycles. The Kier molecular flexibility index (Phi) is 6.36. The molecule has 0 radical (unpaired) electrons. The molecule has 0 saturated carbocycles. The second-order valence-electron chi connectivity index (χ2n) is 6.52. The van der Waals surface area contributed by atoms with E-state index >= 15 is 0 Å². The second-order valence-corrected chi connectivity index (χ2v) is 6.92. The summed E-state index contributed by atoms with van der Waals surface area (Å²) in [4.78, 5) is 37.7. The van der Waals surface area contributed by atoms with Crippen LogP contribution in [0.25, 0.3) is 0 Å². The monoisotopic (exact) mass is 434 g/mol. The summed E-state index contributed by atoms with van der Waals surface area (Å²) in [5.74, 6) is -0.246. The molecule has 1 fully saturated rings. The molecule has 10 nitrogen and oxygen atoms in total. The van der Waals surface area contributed by atoms with E-state index < -0.39 is 9.85 Å². The van der Waals surface area contributed by atoms with Crippen molar-refractivity contribution in [3.63, 3.8) is 0 Å². The van der Waals surface area contributed by atoms with Crippen LogP contribution in [0.3, 0.4) is 0 Å². The molecule has 0 N–H and O–H groups in total. The number of benzene rings is 2. The first-order chi connectivity index (χ1) is 14.3. The van der Waals surface area contributed by atoms with Gasteiger partial charge in [-0.2, -0.15) is 0 Å². The first kappa shape index (κ1) is 21.3. The number of carbonyl (C=O) groups is 1. The fourth-order valence-electron chi connectivity index (χ4n) is 3.35. The lowest BCUT2D eigenvalue weighted by Gasteiger charge is -2.36. The van der Waals surface area contributed by atoms with Crippen molar-refractivity contribution < 1.29 is 19.4 Å². The average Bonchev–Trinajstić information content (AvgIpc) is 2.73. The van der Waals surface area contributed by atoms with Gasteiger partial charge in [0.15, 0.2) is 5.75 Å². The number of hydrogen-bond donors (Lipinski definition) is 0. The van der Waals surface area contributed by atoms with Crippen molar-refractivity contribution in [3.8, 4) is 5.75 Å². The normalized spacial score (nSPS) is 13.8. The van der Waals surface area contributed by atoms with Crippen molar-refractivity contribution in [1.82, 2.24) is 4.90 Å².